The summed E-state index contributed by atoms with van der Waals surface area (Å²) >= 11 is 6.06. The molecule has 2 aliphatic rings. The van der Waals surface area contributed by atoms with Crippen LogP contribution >= 0.6 is 11.6 Å². The van der Waals surface area contributed by atoms with Gasteiger partial charge in [0.1, 0.15) is 0 Å². The van der Waals surface area contributed by atoms with Crippen molar-refractivity contribution in [2.45, 2.75) is 32.2 Å². The number of ketones is 1. The Hall–Kier alpha value is -2.59. The zero-order valence-electron chi connectivity index (χ0n) is 14.5. The molecule has 2 aromatic rings. The van der Waals surface area contributed by atoms with Crippen LogP contribution in [-0.2, 0) is 9.59 Å². The zero-order chi connectivity index (χ0) is 18.3. The molecule has 1 amide bonds. The van der Waals surface area contributed by atoms with Crippen LogP contribution < -0.4 is 10.2 Å². The lowest BCUT2D eigenvalue weighted by Crippen LogP contribution is -2.36. The van der Waals surface area contributed by atoms with E-state index in [0.717, 1.165) is 35.5 Å². The number of anilines is 2. The van der Waals surface area contributed by atoms with Gasteiger partial charge in [-0.15, -0.1) is 0 Å². The smallest absolute Gasteiger partial charge is 0.224 e. The highest BCUT2D eigenvalue weighted by Crippen LogP contribution is 2.44. The molecule has 1 aliphatic heterocycles. The van der Waals surface area contributed by atoms with E-state index in [9.17, 15) is 9.59 Å². The Morgan fingerprint density at radius 3 is 2.58 bits per heavy atom. The maximum Gasteiger partial charge on any atom is 0.224 e. The van der Waals surface area contributed by atoms with Crippen molar-refractivity contribution in [2.24, 2.45) is 0 Å². The minimum absolute atomic E-state index is 0.0951. The molecule has 0 bridgehead atoms. The number of hydrogen-bond donors (Lipinski definition) is 1. The second-order valence-electron chi connectivity index (χ2n) is 6.65. The molecule has 1 N–H and O–H groups in total. The number of nitrogens with one attached hydrogen (secondary N) is 1. The lowest BCUT2D eigenvalue weighted by atomic mass is 9.86. The molecular weight excluding hydrogens is 348 g/mol. The van der Waals surface area contributed by atoms with Gasteiger partial charge in [-0.05, 0) is 42.7 Å². The second-order valence-corrected chi connectivity index (χ2v) is 7.09. The fourth-order valence-corrected chi connectivity index (χ4v) is 3.97. The van der Waals surface area contributed by atoms with Gasteiger partial charge in [0.25, 0.3) is 0 Å². The quantitative estimate of drug-likeness (QED) is 0.783. The summed E-state index contributed by atoms with van der Waals surface area (Å²) in [7, 11) is 0. The van der Waals surface area contributed by atoms with Gasteiger partial charge in [-0.25, -0.2) is 0 Å². The number of nitrogens with zero attached hydrogens (tertiary/aromatic N) is 1. The van der Waals surface area contributed by atoms with Gasteiger partial charge in [0.2, 0.25) is 5.91 Å². The predicted molar refractivity (Wildman–Crippen MR) is 103 cm³/mol. The van der Waals surface area contributed by atoms with Crippen molar-refractivity contribution in [3.05, 3.63) is 70.4 Å². The minimum Gasteiger partial charge on any atom is -0.357 e. The lowest BCUT2D eigenvalue weighted by Gasteiger charge is -2.33. The van der Waals surface area contributed by atoms with Crippen LogP contribution in [0.5, 0.6) is 0 Å². The lowest BCUT2D eigenvalue weighted by molar-refractivity contribution is -0.117. The summed E-state index contributed by atoms with van der Waals surface area (Å²) < 4.78 is 0. The average Bonchev–Trinajstić information content (AvgIpc) is 2.77. The number of para-hydroxylation sites is 2. The summed E-state index contributed by atoms with van der Waals surface area (Å²) in [5.74, 6) is -0.0101. The van der Waals surface area contributed by atoms with Gasteiger partial charge in [-0.3, -0.25) is 14.5 Å². The first kappa shape index (κ1) is 16.9. The van der Waals surface area contributed by atoms with E-state index in [1.54, 1.807) is 24.0 Å². The maximum absolute atomic E-state index is 12.9. The van der Waals surface area contributed by atoms with Crippen LogP contribution in [0, 0.1) is 0 Å². The van der Waals surface area contributed by atoms with Crippen molar-refractivity contribution >= 4 is 34.7 Å². The topological polar surface area (TPSA) is 49.4 Å². The molecule has 1 heterocycles. The second kappa shape index (κ2) is 6.61. The van der Waals surface area contributed by atoms with Crippen LogP contribution in [-0.4, -0.2) is 11.7 Å². The molecular formula is C21H19ClN2O2. The van der Waals surface area contributed by atoms with E-state index in [4.69, 9.17) is 11.6 Å². The summed E-state index contributed by atoms with van der Waals surface area (Å²) in [6.07, 6.45) is 2.12. The first-order valence-electron chi connectivity index (χ1n) is 8.74. The molecule has 0 fully saturated rings. The number of Topliss-reactive ketones (excluding diaryl/α,β-unsaturated/α-hetero) is 1. The van der Waals surface area contributed by atoms with Gasteiger partial charge in [-0.2, -0.15) is 0 Å². The Bertz CT molecular complexity index is 918. The van der Waals surface area contributed by atoms with Gasteiger partial charge in [0.05, 0.1) is 17.4 Å². The van der Waals surface area contributed by atoms with E-state index in [1.807, 2.05) is 36.4 Å². The molecule has 4 nitrogen and oxygen atoms in total. The number of benzene rings is 2. The Kier molecular flexibility index (Phi) is 4.29. The molecule has 0 aromatic heterocycles. The third-order valence-corrected chi connectivity index (χ3v) is 5.21. The van der Waals surface area contributed by atoms with Crippen molar-refractivity contribution in [1.82, 2.24) is 0 Å². The molecule has 1 atom stereocenters. The fraction of sp³-hybridized carbons (Fsp3) is 0.238. The molecule has 0 unspecified atom stereocenters. The first-order chi connectivity index (χ1) is 12.6. The molecule has 26 heavy (non-hydrogen) atoms. The number of halogens is 1. The van der Waals surface area contributed by atoms with E-state index in [0.29, 0.717) is 17.0 Å². The van der Waals surface area contributed by atoms with E-state index < -0.39 is 6.04 Å². The molecule has 0 radical (unpaired) electrons. The Labute approximate surface area is 157 Å². The van der Waals surface area contributed by atoms with Crippen LogP contribution in [0.25, 0.3) is 0 Å². The Balaban J connectivity index is 1.99. The monoisotopic (exact) mass is 366 g/mol. The Morgan fingerprint density at radius 1 is 1.12 bits per heavy atom. The van der Waals surface area contributed by atoms with E-state index in [2.05, 4.69) is 5.32 Å². The molecule has 5 heteroatoms. The van der Waals surface area contributed by atoms with Gasteiger partial charge in [0, 0.05) is 29.6 Å². The third-order valence-electron chi connectivity index (χ3n) is 4.96. The van der Waals surface area contributed by atoms with Crippen molar-refractivity contribution < 1.29 is 9.59 Å². The van der Waals surface area contributed by atoms with Gasteiger partial charge < -0.3 is 5.32 Å². The third kappa shape index (κ3) is 2.80. The maximum atomic E-state index is 12.9. The summed E-state index contributed by atoms with van der Waals surface area (Å²) in [5, 5.41) is 4.05. The normalized spacial score (nSPS) is 19.4. The highest BCUT2D eigenvalue weighted by Gasteiger charge is 2.38. The van der Waals surface area contributed by atoms with E-state index in [-0.39, 0.29) is 11.7 Å². The minimum atomic E-state index is -0.455. The molecule has 0 saturated heterocycles. The molecule has 0 saturated carbocycles. The summed E-state index contributed by atoms with van der Waals surface area (Å²) in [4.78, 5) is 27.3. The van der Waals surface area contributed by atoms with Crippen LogP contribution in [0.2, 0.25) is 5.02 Å². The number of carbonyl (C=O) groups excluding carboxylic acids is 2. The standard InChI is InChI=1S/C21H19ClN2O2/c1-13(25)24-18-7-3-2-5-16(18)23-17-6-4-8-19(26)20(17)21(24)14-9-11-15(22)12-10-14/h2-3,5,7,9-12,21,23H,4,6,8H2,1H3/t21-/m1/s1. The molecule has 2 aromatic carbocycles. The Morgan fingerprint density at radius 2 is 1.85 bits per heavy atom. The van der Waals surface area contributed by atoms with Crippen LogP contribution in [0.3, 0.4) is 0 Å². The average molecular weight is 367 g/mol. The number of amides is 1. The molecule has 4 rings (SSSR count). The van der Waals surface area contributed by atoms with Gasteiger partial charge in [-0.1, -0.05) is 35.9 Å². The van der Waals surface area contributed by atoms with Crippen molar-refractivity contribution in [2.75, 3.05) is 10.2 Å². The first-order valence-corrected chi connectivity index (χ1v) is 9.11. The number of hydrogen-bond acceptors (Lipinski definition) is 3. The van der Waals surface area contributed by atoms with E-state index in [1.165, 1.54) is 0 Å². The number of rotatable bonds is 1. The SMILES string of the molecule is CC(=O)N1c2ccccc2NC2=C(C(=O)CCC2)[C@H]1c1ccc(Cl)cc1. The summed E-state index contributed by atoms with van der Waals surface area (Å²) in [6, 6.07) is 14.6. The molecule has 1 aliphatic carbocycles. The zero-order valence-corrected chi connectivity index (χ0v) is 15.2. The van der Waals surface area contributed by atoms with Crippen LogP contribution in [0.15, 0.2) is 59.8 Å². The van der Waals surface area contributed by atoms with Crippen molar-refractivity contribution in [1.29, 1.82) is 0 Å². The van der Waals surface area contributed by atoms with Crippen molar-refractivity contribution in [3.63, 3.8) is 0 Å². The number of carbonyl (C=O) groups is 2. The predicted octanol–water partition coefficient (Wildman–Crippen LogP) is 4.87. The van der Waals surface area contributed by atoms with Crippen LogP contribution in [0.1, 0.15) is 37.8 Å². The van der Waals surface area contributed by atoms with Gasteiger partial charge >= 0.3 is 0 Å². The molecule has 132 valence electrons. The highest BCUT2D eigenvalue weighted by molar-refractivity contribution is 6.30. The number of allylic oxidation sites excluding steroid dienone is 1. The molecule has 0 spiro atoms. The van der Waals surface area contributed by atoms with E-state index >= 15 is 0 Å². The number of fused-ring (bicyclic) bond motifs is 1. The largest absolute Gasteiger partial charge is 0.357 e. The summed E-state index contributed by atoms with van der Waals surface area (Å²) in [5.41, 5.74) is 4.11. The van der Waals surface area contributed by atoms with Gasteiger partial charge in [0.15, 0.2) is 5.78 Å². The highest BCUT2D eigenvalue weighted by atomic mass is 35.5. The summed E-state index contributed by atoms with van der Waals surface area (Å²) in [6.45, 7) is 1.54. The fourth-order valence-electron chi connectivity index (χ4n) is 3.84. The van der Waals surface area contributed by atoms with Crippen molar-refractivity contribution in [3.8, 4) is 0 Å². The van der Waals surface area contributed by atoms with Crippen LogP contribution in [0.4, 0.5) is 11.4 Å².